The van der Waals surface area contributed by atoms with Crippen molar-refractivity contribution in [3.63, 3.8) is 0 Å². The minimum Gasteiger partial charge on any atom is -0.507 e. The summed E-state index contributed by atoms with van der Waals surface area (Å²) in [6.07, 6.45) is 9.48. The molecule has 3 aromatic carbocycles. The van der Waals surface area contributed by atoms with Crippen LogP contribution in [0.1, 0.15) is 84.9 Å². The normalized spacial score (nSPS) is 15.2. The van der Waals surface area contributed by atoms with Crippen molar-refractivity contribution in [2.24, 2.45) is 0 Å². The van der Waals surface area contributed by atoms with Crippen LogP contribution in [0.15, 0.2) is 60.7 Å². The maximum Gasteiger partial charge on any atom is 0.128 e. The number of hydrogen-bond donors (Lipinski definition) is 3. The van der Waals surface area contributed by atoms with Crippen LogP contribution >= 0.6 is 0 Å². The Morgan fingerprint density at radius 2 is 1.53 bits per heavy atom. The van der Waals surface area contributed by atoms with E-state index in [4.69, 9.17) is 4.74 Å². The fraction of sp³-hybridized carbons (Fsp3) is 0.394. The van der Waals surface area contributed by atoms with Crippen molar-refractivity contribution in [1.29, 1.82) is 0 Å². The molecule has 0 aliphatic carbocycles. The van der Waals surface area contributed by atoms with E-state index >= 15 is 0 Å². The molecule has 0 aromatic heterocycles. The fourth-order valence-corrected chi connectivity index (χ4v) is 5.10. The molecule has 5 nitrogen and oxygen atoms in total. The molecule has 1 unspecified atom stereocenters. The first-order valence-electron chi connectivity index (χ1n) is 14.0. The first-order chi connectivity index (χ1) is 18.4. The number of ether oxygens (including phenoxy) is 1. The quantitative estimate of drug-likeness (QED) is 0.227. The monoisotopic (exact) mass is 513 g/mol. The second-order valence-electron chi connectivity index (χ2n) is 10.6. The molecule has 0 amide bonds. The van der Waals surface area contributed by atoms with Crippen molar-refractivity contribution in [2.45, 2.75) is 79.2 Å². The summed E-state index contributed by atoms with van der Waals surface area (Å²) in [6.45, 7) is 11.4. The standard InChI is InChI=1S/C33H43N3O2/c1-6-7-8-9-10-11-18-38-27-14-16-29(33(37)21-27)31-22-30(28-15-12-23(2)19-25(28)4)34-36(35-31)32-17-13-24(3)20-26(32)5/h12-17,19-22,30,34-35,37H,6-11,18H2,1-5H3. The molecule has 3 N–H and O–H groups in total. The lowest BCUT2D eigenvalue weighted by atomic mass is 9.97. The van der Waals surface area contributed by atoms with Gasteiger partial charge in [-0.25, -0.2) is 10.5 Å². The zero-order valence-electron chi connectivity index (χ0n) is 23.6. The van der Waals surface area contributed by atoms with Gasteiger partial charge in [0.05, 0.1) is 24.0 Å². The number of aromatic hydroxyl groups is 1. The Labute approximate surface area is 228 Å². The van der Waals surface area contributed by atoms with E-state index in [2.05, 4.69) is 87.9 Å². The predicted molar refractivity (Wildman–Crippen MR) is 158 cm³/mol. The van der Waals surface area contributed by atoms with E-state index in [0.717, 1.165) is 28.9 Å². The Balaban J connectivity index is 1.56. The summed E-state index contributed by atoms with van der Waals surface area (Å²) in [5, 5.41) is 13.0. The Hall–Kier alpha value is -3.44. The highest BCUT2D eigenvalue weighted by molar-refractivity contribution is 5.73. The van der Waals surface area contributed by atoms with Gasteiger partial charge >= 0.3 is 0 Å². The van der Waals surface area contributed by atoms with Crippen LogP contribution in [0.25, 0.3) is 5.70 Å². The van der Waals surface area contributed by atoms with Crippen LogP contribution in [0.3, 0.4) is 0 Å². The average molecular weight is 514 g/mol. The molecule has 0 radical (unpaired) electrons. The topological polar surface area (TPSA) is 56.8 Å². The van der Waals surface area contributed by atoms with E-state index in [9.17, 15) is 5.11 Å². The second-order valence-corrected chi connectivity index (χ2v) is 10.6. The molecule has 202 valence electrons. The van der Waals surface area contributed by atoms with Crippen LogP contribution in [0.4, 0.5) is 5.69 Å². The molecule has 0 saturated carbocycles. The first kappa shape index (κ1) is 27.6. The maximum absolute atomic E-state index is 11.0. The van der Waals surface area contributed by atoms with Gasteiger partial charge in [-0.3, -0.25) is 5.43 Å². The number of phenols is 1. The molecule has 0 spiro atoms. The van der Waals surface area contributed by atoms with Gasteiger partial charge in [0.2, 0.25) is 0 Å². The van der Waals surface area contributed by atoms with Gasteiger partial charge in [0.15, 0.2) is 0 Å². The summed E-state index contributed by atoms with van der Waals surface area (Å²) in [5.74, 6) is 0.901. The van der Waals surface area contributed by atoms with Crippen molar-refractivity contribution >= 4 is 11.4 Å². The van der Waals surface area contributed by atoms with E-state index in [1.807, 2.05) is 17.3 Å². The lowest BCUT2D eigenvalue weighted by Crippen LogP contribution is -2.52. The minimum absolute atomic E-state index is 0.0735. The molecule has 5 heteroatoms. The molecule has 1 heterocycles. The first-order valence-corrected chi connectivity index (χ1v) is 14.0. The Morgan fingerprint density at radius 3 is 2.24 bits per heavy atom. The molecule has 0 bridgehead atoms. The number of benzene rings is 3. The molecule has 38 heavy (non-hydrogen) atoms. The third-order valence-corrected chi connectivity index (χ3v) is 7.21. The second kappa shape index (κ2) is 12.9. The van der Waals surface area contributed by atoms with Crippen LogP contribution in [-0.4, -0.2) is 11.7 Å². The number of unbranched alkanes of at least 4 members (excludes halogenated alkanes) is 5. The van der Waals surface area contributed by atoms with Gasteiger partial charge in [0.1, 0.15) is 11.5 Å². The summed E-state index contributed by atoms with van der Waals surface area (Å²) in [4.78, 5) is 0. The molecular weight excluding hydrogens is 470 g/mol. The van der Waals surface area contributed by atoms with Crippen LogP contribution in [0.5, 0.6) is 11.5 Å². The average Bonchev–Trinajstić information content (AvgIpc) is 2.88. The molecule has 0 saturated heterocycles. The van der Waals surface area contributed by atoms with Gasteiger partial charge in [-0.2, -0.15) is 0 Å². The molecule has 1 aliphatic heterocycles. The molecule has 3 aromatic rings. The molecule has 1 aliphatic rings. The minimum atomic E-state index is -0.0735. The van der Waals surface area contributed by atoms with E-state index in [1.165, 1.54) is 54.4 Å². The predicted octanol–water partition coefficient (Wildman–Crippen LogP) is 7.98. The molecular formula is C33H43N3O2. The van der Waals surface area contributed by atoms with Crippen molar-refractivity contribution in [2.75, 3.05) is 11.7 Å². The smallest absolute Gasteiger partial charge is 0.128 e. The Bertz CT molecular complexity index is 1270. The summed E-state index contributed by atoms with van der Waals surface area (Å²) in [6, 6.07) is 18.5. The third-order valence-electron chi connectivity index (χ3n) is 7.21. The largest absolute Gasteiger partial charge is 0.507 e. The van der Waals surface area contributed by atoms with Gasteiger partial charge in [-0.1, -0.05) is 80.5 Å². The van der Waals surface area contributed by atoms with E-state index < -0.39 is 0 Å². The highest BCUT2D eigenvalue weighted by atomic mass is 16.5. The number of anilines is 1. The van der Waals surface area contributed by atoms with Crippen molar-refractivity contribution in [3.05, 3.63) is 94.1 Å². The van der Waals surface area contributed by atoms with Crippen LogP contribution in [0, 0.1) is 27.7 Å². The van der Waals surface area contributed by atoms with Crippen molar-refractivity contribution in [1.82, 2.24) is 10.9 Å². The number of nitrogens with one attached hydrogen (secondary N) is 2. The van der Waals surface area contributed by atoms with Crippen LogP contribution in [0.2, 0.25) is 0 Å². The maximum atomic E-state index is 11.0. The van der Waals surface area contributed by atoms with Gasteiger partial charge in [-0.05, 0) is 75.1 Å². The number of nitrogens with zero attached hydrogens (tertiary/aromatic N) is 1. The fourth-order valence-electron chi connectivity index (χ4n) is 5.10. The summed E-state index contributed by atoms with van der Waals surface area (Å²) < 4.78 is 5.95. The van der Waals surface area contributed by atoms with Crippen LogP contribution in [-0.2, 0) is 0 Å². The van der Waals surface area contributed by atoms with E-state index in [0.29, 0.717) is 12.4 Å². The summed E-state index contributed by atoms with van der Waals surface area (Å²) in [5.41, 5.74) is 15.8. The Kier molecular flexibility index (Phi) is 9.35. The van der Waals surface area contributed by atoms with E-state index in [-0.39, 0.29) is 11.8 Å². The van der Waals surface area contributed by atoms with Gasteiger partial charge in [0, 0.05) is 11.6 Å². The highest BCUT2D eigenvalue weighted by Gasteiger charge is 2.25. The number of hydrogen-bond acceptors (Lipinski definition) is 5. The lowest BCUT2D eigenvalue weighted by molar-refractivity contribution is 0.302. The molecule has 0 fully saturated rings. The van der Waals surface area contributed by atoms with Gasteiger partial charge < -0.3 is 9.84 Å². The Morgan fingerprint density at radius 1 is 0.816 bits per heavy atom. The SMILES string of the molecule is CCCCCCCCOc1ccc(C2=CC(c3ccc(C)cc3C)NN(c3ccc(C)cc3C)N2)c(O)c1. The van der Waals surface area contributed by atoms with Crippen LogP contribution < -0.4 is 20.7 Å². The zero-order valence-corrected chi connectivity index (χ0v) is 23.6. The summed E-state index contributed by atoms with van der Waals surface area (Å²) >= 11 is 0. The van der Waals surface area contributed by atoms with Gasteiger partial charge in [0.25, 0.3) is 0 Å². The van der Waals surface area contributed by atoms with Crippen molar-refractivity contribution < 1.29 is 9.84 Å². The number of aryl methyl sites for hydroxylation is 4. The highest BCUT2D eigenvalue weighted by Crippen LogP contribution is 2.34. The lowest BCUT2D eigenvalue weighted by Gasteiger charge is -2.37. The number of phenolic OH excluding ortho intramolecular Hbond substituents is 1. The zero-order chi connectivity index (χ0) is 27.1. The molecule has 1 atom stereocenters. The molecule has 4 rings (SSSR count). The van der Waals surface area contributed by atoms with Gasteiger partial charge in [-0.15, -0.1) is 0 Å². The number of hydrazine groups is 2. The third kappa shape index (κ3) is 6.90. The summed E-state index contributed by atoms with van der Waals surface area (Å²) in [7, 11) is 0. The van der Waals surface area contributed by atoms with E-state index in [1.54, 1.807) is 6.07 Å². The number of rotatable bonds is 11. The van der Waals surface area contributed by atoms with Crippen molar-refractivity contribution in [3.8, 4) is 11.5 Å².